The number of hydrogen-bond acceptors (Lipinski definition) is 5. The van der Waals surface area contributed by atoms with Crippen molar-refractivity contribution < 1.29 is 22.7 Å². The standard InChI is InChI=1S/C37H42BrN3O5S/c1-5-28(4)39-37(43)35(24-29-10-8-7-9-11-29)40(25-30-14-16-31(38)17-15-30)36(42)26-41(32-18-20-33(21-19-32)46-6-2)47(44,45)34-22-12-27(3)13-23-34/h7-23,28,35H,5-6,24-26H2,1-4H3,(H,39,43)/t28-,35-/m0/s1. The lowest BCUT2D eigenvalue weighted by atomic mass is 10.0. The molecule has 0 aliphatic carbocycles. The molecule has 248 valence electrons. The lowest BCUT2D eigenvalue weighted by molar-refractivity contribution is -0.140. The van der Waals surface area contributed by atoms with Gasteiger partial charge in [-0.25, -0.2) is 8.42 Å². The lowest BCUT2D eigenvalue weighted by Crippen LogP contribution is -2.54. The molecule has 0 unspecified atom stereocenters. The molecule has 2 amide bonds. The van der Waals surface area contributed by atoms with Crippen molar-refractivity contribution in [1.82, 2.24) is 10.2 Å². The maximum Gasteiger partial charge on any atom is 0.264 e. The van der Waals surface area contributed by atoms with Gasteiger partial charge in [-0.1, -0.05) is 83.0 Å². The smallest absolute Gasteiger partial charge is 0.264 e. The summed E-state index contributed by atoms with van der Waals surface area (Å²) in [5.41, 5.74) is 2.88. The van der Waals surface area contributed by atoms with Crippen LogP contribution in [0.15, 0.2) is 112 Å². The molecule has 8 nitrogen and oxygen atoms in total. The van der Waals surface area contributed by atoms with E-state index < -0.39 is 28.5 Å². The number of halogens is 1. The Balaban J connectivity index is 1.80. The molecule has 47 heavy (non-hydrogen) atoms. The van der Waals surface area contributed by atoms with Gasteiger partial charge >= 0.3 is 0 Å². The molecule has 0 spiro atoms. The van der Waals surface area contributed by atoms with Gasteiger partial charge in [0, 0.05) is 23.5 Å². The first-order chi connectivity index (χ1) is 22.5. The highest BCUT2D eigenvalue weighted by Crippen LogP contribution is 2.27. The normalized spacial score (nSPS) is 12.5. The second-order valence-electron chi connectivity index (χ2n) is 11.4. The van der Waals surface area contributed by atoms with Gasteiger partial charge in [-0.2, -0.15) is 0 Å². The van der Waals surface area contributed by atoms with Crippen molar-refractivity contribution in [1.29, 1.82) is 0 Å². The molecule has 0 heterocycles. The van der Waals surface area contributed by atoms with Crippen molar-refractivity contribution in [3.8, 4) is 5.75 Å². The van der Waals surface area contributed by atoms with Crippen LogP contribution in [0.3, 0.4) is 0 Å². The van der Waals surface area contributed by atoms with E-state index in [4.69, 9.17) is 4.74 Å². The van der Waals surface area contributed by atoms with E-state index in [1.807, 2.05) is 82.3 Å². The van der Waals surface area contributed by atoms with Crippen LogP contribution in [-0.2, 0) is 32.6 Å². The van der Waals surface area contributed by atoms with Crippen LogP contribution in [0.25, 0.3) is 0 Å². The SMILES string of the molecule is CCOc1ccc(N(CC(=O)N(Cc2ccc(Br)cc2)[C@@H](Cc2ccccc2)C(=O)N[C@@H](C)CC)S(=O)(=O)c2ccc(C)cc2)cc1. The minimum absolute atomic E-state index is 0.0552. The van der Waals surface area contributed by atoms with Gasteiger partial charge in [0.25, 0.3) is 10.0 Å². The number of hydrogen-bond donors (Lipinski definition) is 1. The number of ether oxygens (including phenoxy) is 1. The largest absolute Gasteiger partial charge is 0.494 e. The highest BCUT2D eigenvalue weighted by atomic mass is 79.9. The minimum Gasteiger partial charge on any atom is -0.494 e. The molecule has 4 aromatic rings. The molecular formula is C37H42BrN3O5S. The topological polar surface area (TPSA) is 96.0 Å². The minimum atomic E-state index is -4.19. The van der Waals surface area contributed by atoms with E-state index in [0.717, 1.165) is 25.5 Å². The van der Waals surface area contributed by atoms with Gasteiger partial charge in [0.15, 0.2) is 0 Å². The van der Waals surface area contributed by atoms with Crippen LogP contribution in [0.5, 0.6) is 5.75 Å². The summed E-state index contributed by atoms with van der Waals surface area (Å²) in [5, 5.41) is 3.06. The number of carbonyl (C=O) groups is 2. The van der Waals surface area contributed by atoms with Crippen LogP contribution >= 0.6 is 15.9 Å². The number of amides is 2. The molecule has 0 aromatic heterocycles. The maximum absolute atomic E-state index is 14.6. The first-order valence-corrected chi connectivity index (χ1v) is 18.0. The number of sulfonamides is 1. The van der Waals surface area contributed by atoms with Crippen molar-refractivity contribution in [2.75, 3.05) is 17.5 Å². The summed E-state index contributed by atoms with van der Waals surface area (Å²) in [4.78, 5) is 30.1. The number of rotatable bonds is 15. The highest BCUT2D eigenvalue weighted by molar-refractivity contribution is 9.10. The molecule has 10 heteroatoms. The number of nitrogens with zero attached hydrogens (tertiary/aromatic N) is 2. The van der Waals surface area contributed by atoms with E-state index in [9.17, 15) is 18.0 Å². The third-order valence-corrected chi connectivity index (χ3v) is 10.2. The highest BCUT2D eigenvalue weighted by Gasteiger charge is 2.35. The first kappa shape index (κ1) is 35.7. The average Bonchev–Trinajstić information content (AvgIpc) is 3.07. The van der Waals surface area contributed by atoms with Crippen molar-refractivity contribution in [3.63, 3.8) is 0 Å². The third-order valence-electron chi connectivity index (χ3n) is 7.86. The molecular weight excluding hydrogens is 678 g/mol. The fourth-order valence-electron chi connectivity index (χ4n) is 5.02. The Morgan fingerprint density at radius 2 is 1.49 bits per heavy atom. The Kier molecular flexibility index (Phi) is 12.6. The van der Waals surface area contributed by atoms with Crippen LogP contribution in [-0.4, -0.2) is 50.4 Å². The van der Waals surface area contributed by atoms with Gasteiger partial charge in [-0.05, 0) is 86.8 Å². The van der Waals surface area contributed by atoms with E-state index in [1.165, 1.54) is 17.0 Å². The summed E-state index contributed by atoms with van der Waals surface area (Å²) in [6.07, 6.45) is 0.962. The second-order valence-corrected chi connectivity index (χ2v) is 14.2. The van der Waals surface area contributed by atoms with Crippen LogP contribution in [0.4, 0.5) is 5.69 Å². The number of anilines is 1. The molecule has 2 atom stereocenters. The van der Waals surface area contributed by atoms with Crippen molar-refractivity contribution >= 4 is 43.5 Å². The van der Waals surface area contributed by atoms with Crippen LogP contribution in [0, 0.1) is 6.92 Å². The predicted molar refractivity (Wildman–Crippen MR) is 190 cm³/mol. The third kappa shape index (κ3) is 9.68. The van der Waals surface area contributed by atoms with E-state index in [0.29, 0.717) is 24.5 Å². The summed E-state index contributed by atoms with van der Waals surface area (Å²) in [6.45, 7) is 7.66. The van der Waals surface area contributed by atoms with Gasteiger partial charge < -0.3 is 15.0 Å². The van der Waals surface area contributed by atoms with E-state index in [1.54, 1.807) is 36.4 Å². The van der Waals surface area contributed by atoms with E-state index >= 15 is 0 Å². The monoisotopic (exact) mass is 719 g/mol. The summed E-state index contributed by atoms with van der Waals surface area (Å²) in [5.74, 6) is -0.239. The second kappa shape index (κ2) is 16.6. The van der Waals surface area contributed by atoms with E-state index in [-0.39, 0.29) is 29.8 Å². The summed E-state index contributed by atoms with van der Waals surface area (Å²) >= 11 is 3.47. The number of carbonyl (C=O) groups excluding carboxylic acids is 2. The van der Waals surface area contributed by atoms with Crippen molar-refractivity contribution in [2.24, 2.45) is 0 Å². The maximum atomic E-state index is 14.6. The predicted octanol–water partition coefficient (Wildman–Crippen LogP) is 6.91. The molecule has 0 bridgehead atoms. The Bertz CT molecular complexity index is 1720. The number of aryl methyl sites for hydroxylation is 1. The number of nitrogens with one attached hydrogen (secondary N) is 1. The Labute approximate surface area is 286 Å². The Morgan fingerprint density at radius 1 is 0.851 bits per heavy atom. The van der Waals surface area contributed by atoms with Crippen molar-refractivity contribution in [2.45, 2.75) is 64.1 Å². The van der Waals surface area contributed by atoms with Crippen molar-refractivity contribution in [3.05, 3.63) is 124 Å². The molecule has 0 aliphatic rings. The molecule has 4 aromatic carbocycles. The van der Waals surface area contributed by atoms with Gasteiger partial charge in [0.2, 0.25) is 11.8 Å². The van der Waals surface area contributed by atoms with Crippen LogP contribution in [0.2, 0.25) is 0 Å². The average molecular weight is 721 g/mol. The van der Waals surface area contributed by atoms with Gasteiger partial charge in [-0.15, -0.1) is 0 Å². The van der Waals surface area contributed by atoms with Gasteiger partial charge in [0.1, 0.15) is 18.3 Å². The molecule has 0 saturated carbocycles. The molecule has 0 saturated heterocycles. The quantitative estimate of drug-likeness (QED) is 0.144. The fourth-order valence-corrected chi connectivity index (χ4v) is 6.70. The molecule has 0 aliphatic heterocycles. The number of benzene rings is 4. The zero-order valence-electron chi connectivity index (χ0n) is 27.2. The van der Waals surface area contributed by atoms with Gasteiger partial charge in [0.05, 0.1) is 17.2 Å². The zero-order chi connectivity index (χ0) is 34.0. The molecule has 0 radical (unpaired) electrons. The molecule has 1 N–H and O–H groups in total. The summed E-state index contributed by atoms with van der Waals surface area (Å²) in [6, 6.07) is 29.1. The van der Waals surface area contributed by atoms with Crippen LogP contribution in [0.1, 0.15) is 43.9 Å². The summed E-state index contributed by atoms with van der Waals surface area (Å²) < 4.78 is 36.0. The Hall–Kier alpha value is -4.15. The lowest BCUT2D eigenvalue weighted by Gasteiger charge is -2.34. The van der Waals surface area contributed by atoms with Crippen LogP contribution < -0.4 is 14.4 Å². The zero-order valence-corrected chi connectivity index (χ0v) is 29.6. The Morgan fingerprint density at radius 3 is 2.09 bits per heavy atom. The molecule has 0 fully saturated rings. The fraction of sp³-hybridized carbons (Fsp3) is 0.297. The summed E-state index contributed by atoms with van der Waals surface area (Å²) in [7, 11) is -4.19. The molecule has 4 rings (SSSR count). The first-order valence-electron chi connectivity index (χ1n) is 15.7. The van der Waals surface area contributed by atoms with Gasteiger partial charge in [-0.3, -0.25) is 13.9 Å². The van der Waals surface area contributed by atoms with E-state index in [2.05, 4.69) is 21.2 Å².